The molecule has 0 aliphatic rings. The normalized spacial score (nSPS) is 14.4. The molecule has 0 saturated heterocycles. The minimum absolute atomic E-state index is 0.364. The molecule has 2 atom stereocenters. The Morgan fingerprint density at radius 2 is 1.33 bits per heavy atom. The van der Waals surface area contributed by atoms with Crippen LogP contribution in [-0.2, 0) is 4.79 Å². The molecule has 0 spiro atoms. The molecule has 2 unspecified atom stereocenters. The Morgan fingerprint density at radius 3 is 1.78 bits per heavy atom. The zero-order valence-electron chi connectivity index (χ0n) is 11.5. The molecule has 0 heterocycles. The number of aliphatic hydroxyl groups is 2. The van der Waals surface area contributed by atoms with Crippen molar-refractivity contribution >= 4 is 5.97 Å². The van der Waals surface area contributed by atoms with E-state index in [4.69, 9.17) is 10.2 Å². The third kappa shape index (κ3) is 9.42. The monoisotopic (exact) mass is 260 g/mol. The largest absolute Gasteiger partial charge is 0.479 e. The molecule has 0 rings (SSSR count). The molecule has 0 aromatic heterocycles. The Hall–Kier alpha value is -0.610. The van der Waals surface area contributed by atoms with Crippen molar-refractivity contribution in [2.45, 2.75) is 83.3 Å². The molecular formula is C14H28O4. The third-order valence-corrected chi connectivity index (χ3v) is 3.22. The number of hydrogen-bond donors (Lipinski definition) is 3. The fourth-order valence-electron chi connectivity index (χ4n) is 1.99. The first-order chi connectivity index (χ1) is 8.59. The SMILES string of the molecule is CCCCCCCCCCCC(O)C(O)C(=O)O. The fraction of sp³-hybridized carbons (Fsp3) is 0.929. The standard InChI is InChI=1S/C14H28O4/c1-2-3-4-5-6-7-8-9-10-11-12(15)13(16)14(17)18/h12-13,15-16H,2-11H2,1H3,(H,17,18). The predicted molar refractivity (Wildman–Crippen MR) is 71.5 cm³/mol. The minimum Gasteiger partial charge on any atom is -0.479 e. The van der Waals surface area contributed by atoms with E-state index in [0.717, 1.165) is 19.3 Å². The van der Waals surface area contributed by atoms with Gasteiger partial charge in [0.2, 0.25) is 0 Å². The summed E-state index contributed by atoms with van der Waals surface area (Å²) in [6.07, 6.45) is 8.17. The van der Waals surface area contributed by atoms with Gasteiger partial charge in [-0.1, -0.05) is 64.7 Å². The number of carbonyl (C=O) groups is 1. The number of aliphatic hydroxyl groups excluding tert-OH is 2. The van der Waals surface area contributed by atoms with Crippen LogP contribution in [0, 0.1) is 0 Å². The lowest BCUT2D eigenvalue weighted by molar-refractivity contribution is -0.153. The maximum absolute atomic E-state index is 10.4. The average molecular weight is 260 g/mol. The van der Waals surface area contributed by atoms with Crippen LogP contribution in [0.4, 0.5) is 0 Å². The van der Waals surface area contributed by atoms with E-state index in [9.17, 15) is 9.90 Å². The quantitative estimate of drug-likeness (QED) is 0.471. The Labute approximate surface area is 110 Å². The number of carboxylic acids is 1. The molecule has 108 valence electrons. The van der Waals surface area contributed by atoms with Crippen molar-refractivity contribution in [1.29, 1.82) is 0 Å². The van der Waals surface area contributed by atoms with Crippen LogP contribution in [0.25, 0.3) is 0 Å². The van der Waals surface area contributed by atoms with Crippen LogP contribution < -0.4 is 0 Å². The molecule has 0 amide bonds. The van der Waals surface area contributed by atoms with E-state index < -0.39 is 18.2 Å². The average Bonchev–Trinajstić information content (AvgIpc) is 2.35. The molecule has 0 aliphatic carbocycles. The van der Waals surface area contributed by atoms with Gasteiger partial charge in [0.15, 0.2) is 6.10 Å². The third-order valence-electron chi connectivity index (χ3n) is 3.22. The molecule has 0 radical (unpaired) electrons. The molecule has 3 N–H and O–H groups in total. The van der Waals surface area contributed by atoms with Crippen molar-refractivity contribution in [3.05, 3.63) is 0 Å². The predicted octanol–water partition coefficient (Wildman–Crippen LogP) is 2.71. The number of carboxylic acid groups (broad SMARTS) is 1. The van der Waals surface area contributed by atoms with E-state index in [1.807, 2.05) is 0 Å². The zero-order valence-corrected chi connectivity index (χ0v) is 11.5. The van der Waals surface area contributed by atoms with Crippen LogP contribution in [-0.4, -0.2) is 33.5 Å². The van der Waals surface area contributed by atoms with Crippen molar-refractivity contribution in [3.63, 3.8) is 0 Å². The van der Waals surface area contributed by atoms with E-state index in [0.29, 0.717) is 6.42 Å². The van der Waals surface area contributed by atoms with Gasteiger partial charge in [0.25, 0.3) is 0 Å². The number of unbranched alkanes of at least 4 members (excludes halogenated alkanes) is 8. The Morgan fingerprint density at radius 1 is 0.889 bits per heavy atom. The molecule has 0 aromatic rings. The zero-order chi connectivity index (χ0) is 13.8. The summed E-state index contributed by atoms with van der Waals surface area (Å²) in [5.41, 5.74) is 0. The smallest absolute Gasteiger partial charge is 0.335 e. The van der Waals surface area contributed by atoms with Gasteiger partial charge in [0, 0.05) is 0 Å². The van der Waals surface area contributed by atoms with Gasteiger partial charge in [0.05, 0.1) is 6.10 Å². The van der Waals surface area contributed by atoms with Crippen LogP contribution in [0.15, 0.2) is 0 Å². The molecule has 4 nitrogen and oxygen atoms in total. The first kappa shape index (κ1) is 17.4. The summed E-state index contributed by atoms with van der Waals surface area (Å²) in [6, 6.07) is 0. The van der Waals surface area contributed by atoms with Gasteiger partial charge in [-0.05, 0) is 6.42 Å². The number of hydrogen-bond acceptors (Lipinski definition) is 3. The second-order valence-corrected chi connectivity index (χ2v) is 4.97. The summed E-state index contributed by atoms with van der Waals surface area (Å²) < 4.78 is 0. The fourth-order valence-corrected chi connectivity index (χ4v) is 1.99. The highest BCUT2D eigenvalue weighted by atomic mass is 16.4. The van der Waals surface area contributed by atoms with Crippen molar-refractivity contribution in [1.82, 2.24) is 0 Å². The van der Waals surface area contributed by atoms with Gasteiger partial charge >= 0.3 is 5.97 Å². The van der Waals surface area contributed by atoms with Crippen LogP contribution >= 0.6 is 0 Å². The molecule has 0 fully saturated rings. The first-order valence-electron chi connectivity index (χ1n) is 7.18. The second-order valence-electron chi connectivity index (χ2n) is 4.97. The van der Waals surface area contributed by atoms with Gasteiger partial charge in [-0.2, -0.15) is 0 Å². The molecule has 18 heavy (non-hydrogen) atoms. The Kier molecular flexibility index (Phi) is 11.1. The lowest BCUT2D eigenvalue weighted by atomic mass is 10.0. The number of aliphatic carboxylic acids is 1. The maximum atomic E-state index is 10.4. The van der Waals surface area contributed by atoms with Crippen LogP contribution in [0.5, 0.6) is 0 Å². The molecule has 0 aromatic carbocycles. The Bertz CT molecular complexity index is 206. The minimum atomic E-state index is -1.64. The van der Waals surface area contributed by atoms with E-state index >= 15 is 0 Å². The maximum Gasteiger partial charge on any atom is 0.335 e. The summed E-state index contributed by atoms with van der Waals surface area (Å²) >= 11 is 0. The summed E-state index contributed by atoms with van der Waals surface area (Å²) in [7, 11) is 0. The summed E-state index contributed by atoms with van der Waals surface area (Å²) in [5.74, 6) is -1.35. The van der Waals surface area contributed by atoms with Crippen LogP contribution in [0.3, 0.4) is 0 Å². The van der Waals surface area contributed by atoms with Crippen molar-refractivity contribution in [2.24, 2.45) is 0 Å². The summed E-state index contributed by atoms with van der Waals surface area (Å²) in [5, 5.41) is 26.9. The highest BCUT2D eigenvalue weighted by Gasteiger charge is 2.22. The summed E-state index contributed by atoms with van der Waals surface area (Å²) in [6.45, 7) is 2.21. The van der Waals surface area contributed by atoms with Crippen molar-refractivity contribution < 1.29 is 20.1 Å². The van der Waals surface area contributed by atoms with Crippen molar-refractivity contribution in [2.75, 3.05) is 0 Å². The van der Waals surface area contributed by atoms with Gasteiger partial charge in [-0.3, -0.25) is 0 Å². The molecule has 0 aliphatic heterocycles. The van der Waals surface area contributed by atoms with Crippen LogP contribution in [0.1, 0.15) is 71.1 Å². The van der Waals surface area contributed by atoms with E-state index in [1.54, 1.807) is 0 Å². The van der Waals surface area contributed by atoms with Crippen molar-refractivity contribution in [3.8, 4) is 0 Å². The van der Waals surface area contributed by atoms with Gasteiger partial charge < -0.3 is 15.3 Å². The van der Waals surface area contributed by atoms with E-state index in [1.165, 1.54) is 38.5 Å². The van der Waals surface area contributed by atoms with E-state index in [2.05, 4.69) is 6.92 Å². The highest BCUT2D eigenvalue weighted by Crippen LogP contribution is 2.12. The van der Waals surface area contributed by atoms with Gasteiger partial charge in [0.1, 0.15) is 0 Å². The second kappa shape index (κ2) is 11.5. The molecular weight excluding hydrogens is 232 g/mol. The molecule has 0 saturated carbocycles. The highest BCUT2D eigenvalue weighted by molar-refractivity contribution is 5.72. The van der Waals surface area contributed by atoms with E-state index in [-0.39, 0.29) is 0 Å². The number of rotatable bonds is 12. The topological polar surface area (TPSA) is 77.8 Å². The molecule has 0 bridgehead atoms. The van der Waals surface area contributed by atoms with Crippen LogP contribution in [0.2, 0.25) is 0 Å². The Balaban J connectivity index is 3.27. The lowest BCUT2D eigenvalue weighted by Crippen LogP contribution is -2.33. The summed E-state index contributed by atoms with van der Waals surface area (Å²) in [4.78, 5) is 10.4. The van der Waals surface area contributed by atoms with Gasteiger partial charge in [-0.15, -0.1) is 0 Å². The molecule has 4 heteroatoms. The lowest BCUT2D eigenvalue weighted by Gasteiger charge is -2.13. The van der Waals surface area contributed by atoms with Gasteiger partial charge in [-0.25, -0.2) is 4.79 Å². The first-order valence-corrected chi connectivity index (χ1v) is 7.18.